The highest BCUT2D eigenvalue weighted by Gasteiger charge is 2.36. The van der Waals surface area contributed by atoms with Gasteiger partial charge >= 0.3 is 12.4 Å². The molecular formula is C29H23ClF6N4O2. The van der Waals surface area contributed by atoms with Gasteiger partial charge in [-0.2, -0.15) is 26.3 Å². The fourth-order valence-electron chi connectivity index (χ4n) is 3.97. The van der Waals surface area contributed by atoms with Crippen LogP contribution in [0.5, 0.6) is 0 Å². The van der Waals surface area contributed by atoms with Crippen LogP contribution in [0, 0.1) is 0 Å². The number of amides is 1. The summed E-state index contributed by atoms with van der Waals surface area (Å²) in [7, 11) is 1.35. The van der Waals surface area contributed by atoms with Crippen LogP contribution in [0.3, 0.4) is 0 Å². The Hall–Kier alpha value is -4.45. The molecule has 13 heteroatoms. The van der Waals surface area contributed by atoms with E-state index in [1.807, 2.05) is 13.8 Å². The van der Waals surface area contributed by atoms with Crippen LogP contribution < -0.4 is 10.5 Å². The van der Waals surface area contributed by atoms with Crippen molar-refractivity contribution in [3.63, 3.8) is 0 Å². The number of hydrogen-bond acceptors (Lipinski definition) is 4. The summed E-state index contributed by atoms with van der Waals surface area (Å²) in [4.78, 5) is 35.5. The number of H-pyrrole nitrogens is 1. The lowest BCUT2D eigenvalue weighted by atomic mass is 10.0. The largest absolute Gasteiger partial charge is 0.417 e. The van der Waals surface area contributed by atoms with Crippen LogP contribution >= 0.6 is 11.6 Å². The third kappa shape index (κ3) is 6.88. The van der Waals surface area contributed by atoms with Crippen LogP contribution in [-0.2, 0) is 12.4 Å². The van der Waals surface area contributed by atoms with E-state index in [1.165, 1.54) is 49.8 Å². The van der Waals surface area contributed by atoms with E-state index in [0.29, 0.717) is 11.0 Å². The SMILES string of the molecule is CC.CN(C(=O)c1ccccc1C(F)(F)F)c1cccnc1Cl.O=c1[nH]c2cccnc2c2cccc(C(F)(F)F)c12. The molecule has 0 saturated carbocycles. The Bertz CT molecular complexity index is 1770. The maximum atomic E-state index is 12.9. The van der Waals surface area contributed by atoms with Crippen molar-refractivity contribution in [2.75, 3.05) is 11.9 Å². The lowest BCUT2D eigenvalue weighted by Gasteiger charge is -2.20. The van der Waals surface area contributed by atoms with E-state index < -0.39 is 40.5 Å². The summed E-state index contributed by atoms with van der Waals surface area (Å²) >= 11 is 5.85. The van der Waals surface area contributed by atoms with Crippen LogP contribution in [0.4, 0.5) is 32.0 Å². The van der Waals surface area contributed by atoms with E-state index in [0.717, 1.165) is 23.1 Å². The molecule has 0 unspecified atom stereocenters. The van der Waals surface area contributed by atoms with Gasteiger partial charge in [0.2, 0.25) is 0 Å². The molecule has 0 atom stereocenters. The number of carbonyl (C=O) groups excluding carboxylic acids is 1. The standard InChI is InChI=1S/C14H10ClF3N2O.C13H7F3N2O.C2H6/c1-20(11-7-4-8-19-12(11)15)13(21)9-5-2-3-6-10(9)14(16,17)18;14-13(15,16)8-4-1-3-7-10(8)12(19)18-9-5-2-6-17-11(7)9;1-2/h2-8H,1H3;1-6H,(H,18,19);1-2H3. The summed E-state index contributed by atoms with van der Waals surface area (Å²) in [6, 6.07) is 14.5. The molecule has 6 nitrogen and oxygen atoms in total. The van der Waals surface area contributed by atoms with Gasteiger partial charge in [0.25, 0.3) is 11.5 Å². The van der Waals surface area contributed by atoms with Gasteiger partial charge in [0.15, 0.2) is 5.15 Å². The summed E-state index contributed by atoms with van der Waals surface area (Å²) in [6.07, 6.45) is -6.28. The van der Waals surface area contributed by atoms with Gasteiger partial charge in [0.05, 0.1) is 38.8 Å². The molecule has 220 valence electrons. The fourth-order valence-corrected chi connectivity index (χ4v) is 4.22. The minimum Gasteiger partial charge on any atom is -0.320 e. The third-order valence-electron chi connectivity index (χ3n) is 5.78. The number of aromatic amines is 1. The van der Waals surface area contributed by atoms with Crippen LogP contribution in [0.2, 0.25) is 5.15 Å². The quantitative estimate of drug-likeness (QED) is 0.125. The van der Waals surface area contributed by atoms with Gasteiger partial charge in [-0.15, -0.1) is 0 Å². The monoisotopic (exact) mass is 608 g/mol. The maximum Gasteiger partial charge on any atom is 0.417 e. The van der Waals surface area contributed by atoms with Gasteiger partial charge in [0.1, 0.15) is 0 Å². The van der Waals surface area contributed by atoms with Crippen molar-refractivity contribution in [1.29, 1.82) is 0 Å². The molecule has 3 aromatic heterocycles. The fraction of sp³-hybridized carbons (Fsp3) is 0.172. The Morgan fingerprint density at radius 3 is 2.05 bits per heavy atom. The highest BCUT2D eigenvalue weighted by Crippen LogP contribution is 2.35. The Kier molecular flexibility index (Phi) is 9.95. The number of hydrogen-bond donors (Lipinski definition) is 1. The molecule has 0 aliphatic rings. The number of carbonyl (C=O) groups is 1. The van der Waals surface area contributed by atoms with Crippen LogP contribution in [-0.4, -0.2) is 27.9 Å². The summed E-state index contributed by atoms with van der Waals surface area (Å²) < 4.78 is 77.6. The Morgan fingerprint density at radius 2 is 1.40 bits per heavy atom. The van der Waals surface area contributed by atoms with Crippen LogP contribution in [0.15, 0.2) is 83.9 Å². The van der Waals surface area contributed by atoms with Crippen molar-refractivity contribution in [2.45, 2.75) is 26.2 Å². The first kappa shape index (κ1) is 32.1. The molecule has 0 saturated heterocycles. The number of halogens is 7. The molecule has 0 fully saturated rings. The van der Waals surface area contributed by atoms with Crippen molar-refractivity contribution in [3.8, 4) is 0 Å². The molecule has 0 spiro atoms. The highest BCUT2D eigenvalue weighted by molar-refractivity contribution is 6.32. The summed E-state index contributed by atoms with van der Waals surface area (Å²) in [5.74, 6) is -0.808. The van der Waals surface area contributed by atoms with E-state index in [9.17, 15) is 35.9 Å². The Morgan fingerprint density at radius 1 is 0.810 bits per heavy atom. The number of fused-ring (bicyclic) bond motifs is 3. The van der Waals surface area contributed by atoms with Gasteiger partial charge < -0.3 is 9.88 Å². The van der Waals surface area contributed by atoms with Gasteiger partial charge in [-0.3, -0.25) is 14.6 Å². The van der Waals surface area contributed by atoms with Crippen molar-refractivity contribution < 1.29 is 31.1 Å². The van der Waals surface area contributed by atoms with Gasteiger partial charge in [-0.25, -0.2) is 4.98 Å². The number of alkyl halides is 6. The molecule has 2 aromatic carbocycles. The number of nitrogens with one attached hydrogen (secondary N) is 1. The lowest BCUT2D eigenvalue weighted by Crippen LogP contribution is -2.29. The zero-order valence-electron chi connectivity index (χ0n) is 22.3. The smallest absolute Gasteiger partial charge is 0.320 e. The van der Waals surface area contributed by atoms with E-state index in [1.54, 1.807) is 18.2 Å². The number of benzene rings is 2. The van der Waals surface area contributed by atoms with E-state index in [2.05, 4.69) is 15.0 Å². The number of anilines is 1. The second kappa shape index (κ2) is 13.0. The topological polar surface area (TPSA) is 79.0 Å². The van der Waals surface area contributed by atoms with E-state index >= 15 is 0 Å². The molecule has 0 aliphatic carbocycles. The zero-order valence-corrected chi connectivity index (χ0v) is 23.1. The summed E-state index contributed by atoms with van der Waals surface area (Å²) in [6.45, 7) is 4.00. The number of aromatic nitrogens is 3. The first-order valence-electron chi connectivity index (χ1n) is 12.3. The first-order chi connectivity index (χ1) is 19.8. The summed E-state index contributed by atoms with van der Waals surface area (Å²) in [5, 5.41) is -0.131. The lowest BCUT2D eigenvalue weighted by molar-refractivity contribution is -0.138. The van der Waals surface area contributed by atoms with Gasteiger partial charge in [0, 0.05) is 24.8 Å². The third-order valence-corrected chi connectivity index (χ3v) is 6.07. The molecule has 5 rings (SSSR count). The average Bonchev–Trinajstić information content (AvgIpc) is 2.97. The Labute approximate surface area is 240 Å². The minimum absolute atomic E-state index is 0.0397. The molecule has 0 aliphatic heterocycles. The predicted octanol–water partition coefficient (Wildman–Crippen LogP) is 8.15. The first-order valence-corrected chi connectivity index (χ1v) is 12.7. The zero-order chi connectivity index (χ0) is 31.2. The van der Waals surface area contributed by atoms with Crippen molar-refractivity contribution >= 4 is 45.0 Å². The summed E-state index contributed by atoms with van der Waals surface area (Å²) in [5.41, 5.74) is -2.12. The molecule has 3 heterocycles. The second-order valence-electron chi connectivity index (χ2n) is 8.30. The molecule has 0 radical (unpaired) electrons. The minimum atomic E-state index is -4.61. The number of nitrogens with zero attached hydrogens (tertiary/aromatic N) is 3. The van der Waals surface area contributed by atoms with Crippen molar-refractivity contribution in [3.05, 3.63) is 111 Å². The molecule has 1 N–H and O–H groups in total. The second-order valence-corrected chi connectivity index (χ2v) is 8.66. The molecule has 0 bridgehead atoms. The van der Waals surface area contributed by atoms with E-state index in [4.69, 9.17) is 11.6 Å². The van der Waals surface area contributed by atoms with Gasteiger partial charge in [-0.1, -0.05) is 49.7 Å². The van der Waals surface area contributed by atoms with Crippen molar-refractivity contribution in [2.24, 2.45) is 0 Å². The van der Waals surface area contributed by atoms with E-state index in [-0.39, 0.29) is 21.6 Å². The molecule has 1 amide bonds. The predicted molar refractivity (Wildman–Crippen MR) is 150 cm³/mol. The number of pyridine rings is 3. The maximum absolute atomic E-state index is 12.9. The van der Waals surface area contributed by atoms with Crippen molar-refractivity contribution in [1.82, 2.24) is 15.0 Å². The molecule has 5 aromatic rings. The highest BCUT2D eigenvalue weighted by atomic mass is 35.5. The van der Waals surface area contributed by atoms with Gasteiger partial charge in [-0.05, 0) is 42.5 Å². The number of rotatable bonds is 2. The normalized spacial score (nSPS) is 11.3. The van der Waals surface area contributed by atoms with Crippen LogP contribution in [0.1, 0.15) is 35.3 Å². The van der Waals surface area contributed by atoms with Crippen LogP contribution in [0.25, 0.3) is 21.8 Å². The Balaban J connectivity index is 0.000000218. The molecule has 42 heavy (non-hydrogen) atoms. The average molecular weight is 609 g/mol. The molecular weight excluding hydrogens is 586 g/mol.